The molecular weight excluding hydrogens is 325 g/mol. The molecule has 23 heavy (non-hydrogen) atoms. The van der Waals surface area contributed by atoms with E-state index in [0.29, 0.717) is 0 Å². The SMILES string of the molecule is COP1(=S)c2c(c3ccccc3n2C)C=NN1c1ccccc1. The maximum atomic E-state index is 6.02. The van der Waals surface area contributed by atoms with E-state index in [1.165, 1.54) is 0 Å². The second kappa shape index (κ2) is 5.31. The van der Waals surface area contributed by atoms with Crippen molar-refractivity contribution in [2.75, 3.05) is 11.9 Å². The normalized spacial score (nSPS) is 20.0. The Balaban J connectivity index is 2.02. The topological polar surface area (TPSA) is 29.8 Å². The van der Waals surface area contributed by atoms with Crippen molar-refractivity contribution >= 4 is 46.5 Å². The molecule has 116 valence electrons. The van der Waals surface area contributed by atoms with Crippen LogP contribution in [-0.4, -0.2) is 17.9 Å². The largest absolute Gasteiger partial charge is 0.339 e. The minimum Gasteiger partial charge on any atom is -0.339 e. The van der Waals surface area contributed by atoms with Crippen molar-refractivity contribution in [1.29, 1.82) is 0 Å². The lowest BCUT2D eigenvalue weighted by Crippen LogP contribution is -2.31. The average Bonchev–Trinajstić information content (AvgIpc) is 2.90. The third kappa shape index (κ3) is 2.01. The Morgan fingerprint density at radius 3 is 2.48 bits per heavy atom. The maximum absolute atomic E-state index is 6.02. The first kappa shape index (κ1) is 14.6. The van der Waals surface area contributed by atoms with Gasteiger partial charge in [0, 0.05) is 30.6 Å². The van der Waals surface area contributed by atoms with Crippen molar-refractivity contribution in [2.45, 2.75) is 0 Å². The van der Waals surface area contributed by atoms with Gasteiger partial charge in [-0.2, -0.15) is 5.10 Å². The van der Waals surface area contributed by atoms with E-state index in [2.05, 4.69) is 21.8 Å². The number of hydrogen-bond acceptors (Lipinski definition) is 3. The van der Waals surface area contributed by atoms with Crippen LogP contribution >= 0.6 is 6.42 Å². The van der Waals surface area contributed by atoms with Gasteiger partial charge in [0.05, 0.1) is 11.9 Å². The fourth-order valence-corrected chi connectivity index (χ4v) is 6.27. The summed E-state index contributed by atoms with van der Waals surface area (Å²) in [7, 11) is 3.72. The monoisotopic (exact) mass is 341 g/mol. The first-order valence-electron chi connectivity index (χ1n) is 7.30. The van der Waals surface area contributed by atoms with Gasteiger partial charge >= 0.3 is 0 Å². The number of aryl methyl sites for hydroxylation is 1. The number of fused-ring (bicyclic) bond motifs is 3. The molecule has 1 aliphatic heterocycles. The highest BCUT2D eigenvalue weighted by atomic mass is 32.4. The van der Waals surface area contributed by atoms with Gasteiger partial charge in [-0.3, -0.25) is 0 Å². The van der Waals surface area contributed by atoms with Crippen LogP contribution in [0.15, 0.2) is 59.7 Å². The summed E-state index contributed by atoms with van der Waals surface area (Å²) in [6.45, 7) is 0. The first-order chi connectivity index (χ1) is 11.2. The standard InChI is InChI=1S/C17H16N3OPS/c1-19-16-11-7-6-10-14(16)15-12-18-20(13-8-4-3-5-9-13)22(23,21-2)17(15)19/h3-12H,1-2H3. The Bertz CT molecular complexity index is 965. The van der Waals surface area contributed by atoms with E-state index in [0.717, 1.165) is 27.6 Å². The Kier molecular flexibility index (Phi) is 3.38. The van der Waals surface area contributed by atoms with Gasteiger partial charge in [0.1, 0.15) is 5.44 Å². The number of rotatable bonds is 2. The van der Waals surface area contributed by atoms with Gasteiger partial charge < -0.3 is 9.09 Å². The van der Waals surface area contributed by atoms with Crippen molar-refractivity contribution in [3.8, 4) is 0 Å². The average molecular weight is 341 g/mol. The van der Waals surface area contributed by atoms with Crippen molar-refractivity contribution in [3.63, 3.8) is 0 Å². The summed E-state index contributed by atoms with van der Waals surface area (Å²) in [5.74, 6) is 0. The number of benzene rings is 2. The van der Waals surface area contributed by atoms with Crippen molar-refractivity contribution in [1.82, 2.24) is 4.57 Å². The molecule has 0 N–H and O–H groups in total. The van der Waals surface area contributed by atoms with Crippen LogP contribution in [0.25, 0.3) is 10.9 Å². The summed E-state index contributed by atoms with van der Waals surface area (Å²) in [6.07, 6.45) is -0.598. The van der Waals surface area contributed by atoms with E-state index >= 15 is 0 Å². The second-order valence-corrected chi connectivity index (χ2v) is 9.08. The molecule has 0 amide bonds. The van der Waals surface area contributed by atoms with Gasteiger partial charge in [-0.1, -0.05) is 36.4 Å². The van der Waals surface area contributed by atoms with Crippen molar-refractivity contribution in [3.05, 3.63) is 60.2 Å². The molecule has 0 spiro atoms. The summed E-state index contributed by atoms with van der Waals surface area (Å²) >= 11 is 6.02. The van der Waals surface area contributed by atoms with Crippen LogP contribution in [0, 0.1) is 0 Å². The summed E-state index contributed by atoms with van der Waals surface area (Å²) in [5.41, 5.74) is 4.20. The van der Waals surface area contributed by atoms with E-state index in [-0.39, 0.29) is 0 Å². The minimum absolute atomic E-state index is 0.949. The Hall–Kier alpha value is -1.94. The molecule has 1 aliphatic rings. The molecule has 2 aromatic carbocycles. The van der Waals surface area contributed by atoms with Gasteiger partial charge in [-0.05, 0) is 30.0 Å². The van der Waals surface area contributed by atoms with E-state index in [9.17, 15) is 0 Å². The van der Waals surface area contributed by atoms with Crippen molar-refractivity contribution < 1.29 is 4.52 Å². The van der Waals surface area contributed by atoms with Crippen LogP contribution in [0.3, 0.4) is 0 Å². The van der Waals surface area contributed by atoms with Gasteiger partial charge in [-0.25, -0.2) is 4.78 Å². The number of hydrogen-bond donors (Lipinski definition) is 0. The van der Waals surface area contributed by atoms with E-state index in [1.54, 1.807) is 7.11 Å². The Morgan fingerprint density at radius 1 is 1.04 bits per heavy atom. The van der Waals surface area contributed by atoms with Gasteiger partial charge in [0.2, 0.25) is 6.42 Å². The molecule has 1 aromatic heterocycles. The fraction of sp³-hybridized carbons (Fsp3) is 0.118. The third-order valence-electron chi connectivity index (χ3n) is 4.16. The fourth-order valence-electron chi connectivity index (χ4n) is 3.09. The van der Waals surface area contributed by atoms with Gasteiger partial charge in [-0.15, -0.1) is 0 Å². The molecule has 1 unspecified atom stereocenters. The molecular formula is C17H16N3OPS. The lowest BCUT2D eigenvalue weighted by molar-refractivity contribution is 0.461. The molecule has 2 heterocycles. The van der Waals surface area contributed by atoms with Crippen LogP contribution in [-0.2, 0) is 23.4 Å². The van der Waals surface area contributed by atoms with Gasteiger partial charge in [0.15, 0.2) is 0 Å². The van der Waals surface area contributed by atoms with E-state index in [4.69, 9.17) is 16.3 Å². The Morgan fingerprint density at radius 2 is 1.74 bits per heavy atom. The minimum atomic E-state index is -2.49. The molecule has 6 heteroatoms. The lowest BCUT2D eigenvalue weighted by atomic mass is 10.2. The number of anilines is 1. The van der Waals surface area contributed by atoms with Crippen LogP contribution in [0.2, 0.25) is 0 Å². The summed E-state index contributed by atoms with van der Waals surface area (Å²) < 4.78 is 9.91. The smallest absolute Gasteiger partial charge is 0.223 e. The molecule has 3 aromatic rings. The zero-order valence-corrected chi connectivity index (χ0v) is 14.6. The van der Waals surface area contributed by atoms with Gasteiger partial charge in [0.25, 0.3) is 0 Å². The predicted octanol–water partition coefficient (Wildman–Crippen LogP) is 3.61. The highest BCUT2D eigenvalue weighted by molar-refractivity contribution is 8.16. The summed E-state index contributed by atoms with van der Waals surface area (Å²) in [4.78, 5) is 0. The number of hydrazone groups is 1. The second-order valence-electron chi connectivity index (χ2n) is 5.39. The highest BCUT2D eigenvalue weighted by Crippen LogP contribution is 2.55. The zero-order chi connectivity index (χ0) is 16.0. The lowest BCUT2D eigenvalue weighted by Gasteiger charge is -2.34. The molecule has 0 saturated heterocycles. The van der Waals surface area contributed by atoms with E-state index in [1.807, 2.05) is 60.5 Å². The number of nitrogens with zero attached hydrogens (tertiary/aromatic N) is 3. The van der Waals surface area contributed by atoms with Crippen LogP contribution in [0.4, 0.5) is 5.69 Å². The van der Waals surface area contributed by atoms with Crippen molar-refractivity contribution in [2.24, 2.45) is 12.1 Å². The van der Waals surface area contributed by atoms with E-state index < -0.39 is 6.42 Å². The maximum Gasteiger partial charge on any atom is 0.223 e. The predicted molar refractivity (Wildman–Crippen MR) is 100 cm³/mol. The Labute approximate surface area is 140 Å². The number of para-hydroxylation sites is 2. The molecule has 0 radical (unpaired) electrons. The summed E-state index contributed by atoms with van der Waals surface area (Å²) in [6, 6.07) is 18.2. The molecule has 1 atom stereocenters. The molecule has 4 rings (SSSR count). The first-order valence-corrected chi connectivity index (χ1v) is 9.97. The molecule has 0 bridgehead atoms. The molecule has 0 aliphatic carbocycles. The quantitative estimate of drug-likeness (QED) is 0.667. The van der Waals surface area contributed by atoms with Crippen LogP contribution < -0.4 is 10.2 Å². The highest BCUT2D eigenvalue weighted by Gasteiger charge is 2.37. The molecule has 4 nitrogen and oxygen atoms in total. The van der Waals surface area contributed by atoms with Crippen LogP contribution in [0.5, 0.6) is 0 Å². The summed E-state index contributed by atoms with van der Waals surface area (Å²) in [5, 5.41) is 5.80. The molecule has 0 fully saturated rings. The molecule has 0 saturated carbocycles. The van der Waals surface area contributed by atoms with Crippen LogP contribution in [0.1, 0.15) is 5.56 Å². The zero-order valence-electron chi connectivity index (χ0n) is 12.9. The number of aromatic nitrogens is 1. The third-order valence-corrected chi connectivity index (χ3v) is 8.00.